The van der Waals surface area contributed by atoms with Crippen LogP contribution in [0.5, 0.6) is 5.75 Å². The van der Waals surface area contributed by atoms with Gasteiger partial charge < -0.3 is 9.84 Å². The minimum Gasteiger partial charge on any atom is -0.489 e. The molecule has 0 radical (unpaired) electrons. The first kappa shape index (κ1) is 14.8. The number of aromatic nitrogens is 1. The highest BCUT2D eigenvalue weighted by Gasteiger charge is 2.29. The number of carbonyl (C=O) groups is 1. The third kappa shape index (κ3) is 3.95. The molecule has 0 aliphatic heterocycles. The predicted molar refractivity (Wildman–Crippen MR) is 67.0 cm³/mol. The number of carboxylic acids is 1. The molecule has 110 valence electrons. The van der Waals surface area contributed by atoms with Gasteiger partial charge in [-0.25, -0.2) is 4.79 Å². The van der Waals surface area contributed by atoms with E-state index in [2.05, 4.69) is 4.98 Å². The monoisotopic (exact) mass is 297 g/mol. The number of pyridine rings is 1. The lowest BCUT2D eigenvalue weighted by Gasteiger charge is -2.09. The molecule has 0 aliphatic rings. The molecule has 0 spiro atoms. The lowest BCUT2D eigenvalue weighted by atomic mass is 10.2. The molecule has 0 aliphatic carbocycles. The van der Waals surface area contributed by atoms with Gasteiger partial charge in [0.2, 0.25) is 0 Å². The molecular formula is C14H10F3NO3. The summed E-state index contributed by atoms with van der Waals surface area (Å²) in [4.78, 5) is 14.5. The first-order chi connectivity index (χ1) is 9.86. The summed E-state index contributed by atoms with van der Waals surface area (Å²) in [6.45, 7) is 0.0134. The highest BCUT2D eigenvalue weighted by molar-refractivity contribution is 5.87. The van der Waals surface area contributed by atoms with Crippen LogP contribution in [-0.2, 0) is 12.8 Å². The molecule has 0 bridgehead atoms. The highest BCUT2D eigenvalue weighted by atomic mass is 19.4. The number of alkyl halides is 3. The number of halogens is 3. The fraction of sp³-hybridized carbons (Fsp3) is 0.143. The molecule has 0 amide bonds. The number of hydrogen-bond acceptors (Lipinski definition) is 3. The third-order valence-electron chi connectivity index (χ3n) is 2.63. The van der Waals surface area contributed by atoms with E-state index in [1.54, 1.807) is 0 Å². The number of aromatic carboxylic acids is 1. The summed E-state index contributed by atoms with van der Waals surface area (Å²) in [7, 11) is 0. The number of nitrogens with zero attached hydrogens (tertiary/aromatic N) is 1. The van der Waals surface area contributed by atoms with Gasteiger partial charge in [-0.1, -0.05) is 0 Å². The minimum atomic E-state index is -4.39. The Hall–Kier alpha value is -2.57. The van der Waals surface area contributed by atoms with Gasteiger partial charge in [0, 0.05) is 18.0 Å². The van der Waals surface area contributed by atoms with Crippen LogP contribution in [0.25, 0.3) is 0 Å². The van der Waals surface area contributed by atoms with Crippen LogP contribution in [-0.4, -0.2) is 16.1 Å². The molecule has 0 saturated heterocycles. The molecule has 0 fully saturated rings. The zero-order valence-electron chi connectivity index (χ0n) is 10.6. The second-order valence-electron chi connectivity index (χ2n) is 4.20. The number of hydrogen-bond donors (Lipinski definition) is 1. The summed E-state index contributed by atoms with van der Waals surface area (Å²) in [6.07, 6.45) is -1.77. The summed E-state index contributed by atoms with van der Waals surface area (Å²) < 4.78 is 42.5. The highest BCUT2D eigenvalue weighted by Crippen LogP contribution is 2.30. The first-order valence-electron chi connectivity index (χ1n) is 5.83. The van der Waals surface area contributed by atoms with Crippen molar-refractivity contribution in [2.45, 2.75) is 12.8 Å². The molecule has 1 aromatic carbocycles. The number of rotatable bonds is 4. The largest absolute Gasteiger partial charge is 0.489 e. The van der Waals surface area contributed by atoms with Crippen LogP contribution < -0.4 is 4.74 Å². The smallest absolute Gasteiger partial charge is 0.416 e. The molecule has 21 heavy (non-hydrogen) atoms. The van der Waals surface area contributed by atoms with Crippen molar-refractivity contribution in [3.8, 4) is 5.75 Å². The van der Waals surface area contributed by atoms with E-state index in [9.17, 15) is 18.0 Å². The number of ether oxygens (including phenoxy) is 1. The molecule has 0 saturated carbocycles. The van der Waals surface area contributed by atoms with Crippen LogP contribution in [0.3, 0.4) is 0 Å². The molecule has 0 atom stereocenters. The Morgan fingerprint density at radius 1 is 1.19 bits per heavy atom. The lowest BCUT2D eigenvalue weighted by molar-refractivity contribution is -0.137. The van der Waals surface area contributed by atoms with E-state index in [0.717, 1.165) is 12.1 Å². The van der Waals surface area contributed by atoms with E-state index in [0.29, 0.717) is 5.56 Å². The molecular weight excluding hydrogens is 287 g/mol. The van der Waals surface area contributed by atoms with Crippen molar-refractivity contribution in [3.63, 3.8) is 0 Å². The quantitative estimate of drug-likeness (QED) is 0.940. The Bertz CT molecular complexity index is 639. The van der Waals surface area contributed by atoms with Crippen LogP contribution in [0.4, 0.5) is 13.2 Å². The predicted octanol–water partition coefficient (Wildman–Crippen LogP) is 3.38. The van der Waals surface area contributed by atoms with Crippen LogP contribution in [0.15, 0.2) is 42.7 Å². The van der Waals surface area contributed by atoms with Gasteiger partial charge >= 0.3 is 12.1 Å². The van der Waals surface area contributed by atoms with E-state index >= 15 is 0 Å². The van der Waals surface area contributed by atoms with Gasteiger partial charge in [0.05, 0.1) is 11.1 Å². The van der Waals surface area contributed by atoms with Gasteiger partial charge in [0.1, 0.15) is 12.4 Å². The molecule has 1 heterocycles. The molecule has 1 aromatic heterocycles. The summed E-state index contributed by atoms with van der Waals surface area (Å²) in [5.74, 6) is -0.859. The fourth-order valence-corrected chi connectivity index (χ4v) is 1.59. The average Bonchev–Trinajstić information content (AvgIpc) is 2.45. The van der Waals surface area contributed by atoms with Crippen LogP contribution in [0.2, 0.25) is 0 Å². The molecule has 2 rings (SSSR count). The minimum absolute atomic E-state index is 0.0134. The van der Waals surface area contributed by atoms with Gasteiger partial charge in [0.25, 0.3) is 0 Å². The maximum absolute atomic E-state index is 12.4. The summed E-state index contributed by atoms with van der Waals surface area (Å²) in [5, 5.41) is 8.81. The maximum atomic E-state index is 12.4. The Morgan fingerprint density at radius 3 is 2.43 bits per heavy atom. The molecule has 4 nitrogen and oxygen atoms in total. The van der Waals surface area contributed by atoms with Crippen molar-refractivity contribution in [2.75, 3.05) is 0 Å². The van der Waals surface area contributed by atoms with E-state index in [1.165, 1.54) is 30.6 Å². The first-order valence-corrected chi connectivity index (χ1v) is 5.83. The van der Waals surface area contributed by atoms with Crippen molar-refractivity contribution in [1.29, 1.82) is 0 Å². The summed E-state index contributed by atoms with van der Waals surface area (Å²) >= 11 is 0. The number of carboxylic acid groups (broad SMARTS) is 1. The van der Waals surface area contributed by atoms with Gasteiger partial charge in [-0.05, 0) is 30.3 Å². The molecule has 0 unspecified atom stereocenters. The standard InChI is InChI=1S/C14H10F3NO3/c15-14(16,17)11-1-3-12(4-2-11)21-8-9-5-10(13(19)20)7-18-6-9/h1-7H,8H2,(H,19,20). The zero-order chi connectivity index (χ0) is 15.5. The van der Waals surface area contributed by atoms with Crippen LogP contribution >= 0.6 is 0 Å². The Kier molecular flexibility index (Phi) is 4.11. The van der Waals surface area contributed by atoms with Gasteiger partial charge in [-0.2, -0.15) is 13.2 Å². The Morgan fingerprint density at radius 2 is 1.86 bits per heavy atom. The number of benzene rings is 1. The topological polar surface area (TPSA) is 59.4 Å². The van der Waals surface area contributed by atoms with Crippen LogP contribution in [0, 0.1) is 0 Å². The van der Waals surface area contributed by atoms with E-state index in [-0.39, 0.29) is 17.9 Å². The van der Waals surface area contributed by atoms with Crippen molar-refractivity contribution in [1.82, 2.24) is 4.98 Å². The Labute approximate surface area is 117 Å². The lowest BCUT2D eigenvalue weighted by Crippen LogP contribution is -2.05. The van der Waals surface area contributed by atoms with Gasteiger partial charge in [0.15, 0.2) is 0 Å². The summed E-state index contributed by atoms with van der Waals surface area (Å²) in [6, 6.07) is 5.64. The Balaban J connectivity index is 2.03. The van der Waals surface area contributed by atoms with E-state index in [4.69, 9.17) is 9.84 Å². The van der Waals surface area contributed by atoms with Crippen LogP contribution in [0.1, 0.15) is 21.5 Å². The van der Waals surface area contributed by atoms with Gasteiger partial charge in [-0.15, -0.1) is 0 Å². The van der Waals surface area contributed by atoms with Crippen molar-refractivity contribution in [3.05, 3.63) is 59.4 Å². The van der Waals surface area contributed by atoms with Crippen molar-refractivity contribution < 1.29 is 27.8 Å². The maximum Gasteiger partial charge on any atom is 0.416 e. The van der Waals surface area contributed by atoms with Crippen molar-refractivity contribution in [2.24, 2.45) is 0 Å². The van der Waals surface area contributed by atoms with Crippen molar-refractivity contribution >= 4 is 5.97 Å². The molecule has 2 aromatic rings. The third-order valence-corrected chi connectivity index (χ3v) is 2.63. The average molecular weight is 297 g/mol. The van der Waals surface area contributed by atoms with Gasteiger partial charge in [-0.3, -0.25) is 4.98 Å². The molecule has 1 N–H and O–H groups in total. The SMILES string of the molecule is O=C(O)c1cncc(COc2ccc(C(F)(F)F)cc2)c1. The second kappa shape index (κ2) is 5.82. The molecule has 7 heteroatoms. The fourth-order valence-electron chi connectivity index (χ4n) is 1.59. The zero-order valence-corrected chi connectivity index (χ0v) is 10.6. The normalized spacial score (nSPS) is 11.2. The second-order valence-corrected chi connectivity index (χ2v) is 4.20. The van der Waals surface area contributed by atoms with E-state index < -0.39 is 17.7 Å². The summed E-state index contributed by atoms with van der Waals surface area (Å²) in [5.41, 5.74) is -0.234. The van der Waals surface area contributed by atoms with E-state index in [1.807, 2.05) is 0 Å².